The van der Waals surface area contributed by atoms with Crippen molar-refractivity contribution in [3.63, 3.8) is 0 Å². The van der Waals surface area contributed by atoms with Gasteiger partial charge in [0, 0.05) is 13.1 Å². The molecule has 8 heteroatoms. The molecule has 1 aliphatic rings. The van der Waals surface area contributed by atoms with Crippen LogP contribution in [-0.2, 0) is 13.0 Å². The average Bonchev–Trinajstić information content (AvgIpc) is 2.99. The molecule has 25 heavy (non-hydrogen) atoms. The zero-order chi connectivity index (χ0) is 18.1. The first kappa shape index (κ1) is 17.1. The second-order valence-corrected chi connectivity index (χ2v) is 6.24. The molecule has 0 aliphatic carbocycles. The molecular formula is C17H18F2N4O2. The molecule has 0 radical (unpaired) electrons. The minimum Gasteiger partial charge on any atom is -0.365 e. The topological polar surface area (TPSA) is 90.0 Å². The Labute approximate surface area is 143 Å². The first-order chi connectivity index (χ1) is 11.9. The number of amides is 2. The van der Waals surface area contributed by atoms with E-state index in [1.807, 2.05) is 0 Å². The number of benzene rings is 1. The van der Waals surface area contributed by atoms with Crippen LogP contribution < -0.4 is 11.1 Å². The van der Waals surface area contributed by atoms with Crippen molar-refractivity contribution in [3.8, 4) is 0 Å². The van der Waals surface area contributed by atoms with Crippen LogP contribution >= 0.6 is 0 Å². The quantitative estimate of drug-likeness (QED) is 0.879. The summed E-state index contributed by atoms with van der Waals surface area (Å²) in [6.07, 6.45) is 2.73. The highest BCUT2D eigenvalue weighted by Crippen LogP contribution is 2.22. The number of rotatable bonds is 4. The lowest BCUT2D eigenvalue weighted by Crippen LogP contribution is -2.34. The third-order valence-corrected chi connectivity index (χ3v) is 4.49. The number of nitrogens with zero attached hydrogens (tertiary/aromatic N) is 2. The number of halogens is 2. The van der Waals surface area contributed by atoms with Crippen LogP contribution in [0, 0.1) is 24.5 Å². The molecule has 0 saturated carbocycles. The number of aryl methyl sites for hydroxylation is 2. The Morgan fingerprint density at radius 2 is 2.08 bits per heavy atom. The maximum absolute atomic E-state index is 13.9. The lowest BCUT2D eigenvalue weighted by molar-refractivity contribution is 0.0937. The molecule has 1 aliphatic heterocycles. The molecule has 2 aromatic rings. The molecule has 1 aromatic carbocycles. The van der Waals surface area contributed by atoms with Crippen LogP contribution in [0.5, 0.6) is 0 Å². The van der Waals surface area contributed by atoms with E-state index in [4.69, 9.17) is 5.73 Å². The smallest absolute Gasteiger partial charge is 0.254 e. The van der Waals surface area contributed by atoms with Crippen LogP contribution in [0.3, 0.4) is 0 Å². The van der Waals surface area contributed by atoms with E-state index in [0.29, 0.717) is 18.5 Å². The van der Waals surface area contributed by atoms with Crippen molar-refractivity contribution in [1.29, 1.82) is 0 Å². The lowest BCUT2D eigenvalue weighted by Gasteiger charge is -2.24. The summed E-state index contributed by atoms with van der Waals surface area (Å²) in [6, 6.07) is 1.91. The van der Waals surface area contributed by atoms with Crippen molar-refractivity contribution >= 4 is 11.8 Å². The standard InChI is InChI=1S/C17H18F2N4O2/c1-9-4-14(19)11(6-13(9)18)17(25)21-7-10-2-3-23-15(5-10)12(8-22-23)16(20)24/h4,6,8,10H,2-3,5,7H2,1H3,(H2,20,24)(H,21,25)/t10-/m0/s1. The molecule has 0 bridgehead atoms. The van der Waals surface area contributed by atoms with Crippen LogP contribution in [0.1, 0.15) is 38.4 Å². The Hall–Kier alpha value is -2.77. The molecule has 0 unspecified atom stereocenters. The van der Waals surface area contributed by atoms with E-state index in [0.717, 1.165) is 24.2 Å². The average molecular weight is 348 g/mol. The summed E-state index contributed by atoms with van der Waals surface area (Å²) in [5.41, 5.74) is 6.28. The number of fused-ring (bicyclic) bond motifs is 1. The zero-order valence-electron chi connectivity index (χ0n) is 13.7. The summed E-state index contributed by atoms with van der Waals surface area (Å²) < 4.78 is 29.1. The third-order valence-electron chi connectivity index (χ3n) is 4.49. The lowest BCUT2D eigenvalue weighted by atomic mass is 9.94. The van der Waals surface area contributed by atoms with E-state index < -0.39 is 23.4 Å². The minimum atomic E-state index is -0.755. The number of hydrogen-bond donors (Lipinski definition) is 2. The second kappa shape index (κ2) is 6.62. The summed E-state index contributed by atoms with van der Waals surface area (Å²) in [4.78, 5) is 23.5. The fraction of sp³-hybridized carbons (Fsp3) is 0.353. The predicted molar refractivity (Wildman–Crippen MR) is 86.0 cm³/mol. The molecule has 3 rings (SSSR count). The van der Waals surface area contributed by atoms with Crippen molar-refractivity contribution in [2.45, 2.75) is 26.3 Å². The van der Waals surface area contributed by atoms with E-state index in [1.165, 1.54) is 13.1 Å². The predicted octanol–water partition coefficient (Wildman–Crippen LogP) is 1.56. The molecule has 0 saturated heterocycles. The van der Waals surface area contributed by atoms with Gasteiger partial charge < -0.3 is 11.1 Å². The molecule has 3 N–H and O–H groups in total. The van der Waals surface area contributed by atoms with E-state index in [9.17, 15) is 18.4 Å². The Morgan fingerprint density at radius 3 is 2.80 bits per heavy atom. The molecule has 6 nitrogen and oxygen atoms in total. The van der Waals surface area contributed by atoms with Gasteiger partial charge in [-0.05, 0) is 43.4 Å². The van der Waals surface area contributed by atoms with Crippen LogP contribution in [0.4, 0.5) is 8.78 Å². The summed E-state index contributed by atoms with van der Waals surface area (Å²) in [5.74, 6) is -2.52. The second-order valence-electron chi connectivity index (χ2n) is 6.24. The summed E-state index contributed by atoms with van der Waals surface area (Å²) >= 11 is 0. The molecule has 2 heterocycles. The molecule has 1 aromatic heterocycles. The fourth-order valence-corrected chi connectivity index (χ4v) is 3.03. The number of carbonyl (C=O) groups excluding carboxylic acids is 2. The van der Waals surface area contributed by atoms with Crippen LogP contribution in [0.25, 0.3) is 0 Å². The van der Waals surface area contributed by atoms with Crippen molar-refractivity contribution < 1.29 is 18.4 Å². The number of carbonyl (C=O) groups is 2. The van der Waals surface area contributed by atoms with Gasteiger partial charge in [0.2, 0.25) is 0 Å². The van der Waals surface area contributed by atoms with Crippen molar-refractivity contribution in [2.75, 3.05) is 6.54 Å². The first-order valence-electron chi connectivity index (χ1n) is 7.95. The maximum atomic E-state index is 13.9. The van der Waals surface area contributed by atoms with Gasteiger partial charge in [0.25, 0.3) is 11.8 Å². The van der Waals surface area contributed by atoms with Gasteiger partial charge in [-0.3, -0.25) is 14.3 Å². The molecule has 2 amide bonds. The van der Waals surface area contributed by atoms with E-state index >= 15 is 0 Å². The monoisotopic (exact) mass is 348 g/mol. The van der Waals surface area contributed by atoms with Gasteiger partial charge >= 0.3 is 0 Å². The zero-order valence-corrected chi connectivity index (χ0v) is 13.7. The molecule has 0 spiro atoms. The van der Waals surface area contributed by atoms with Gasteiger partial charge in [0.05, 0.1) is 23.0 Å². The van der Waals surface area contributed by atoms with Crippen LogP contribution in [-0.4, -0.2) is 28.1 Å². The normalized spacial score (nSPS) is 16.4. The minimum absolute atomic E-state index is 0.0598. The van der Waals surface area contributed by atoms with Crippen molar-refractivity contribution in [1.82, 2.24) is 15.1 Å². The molecular weight excluding hydrogens is 330 g/mol. The van der Waals surface area contributed by atoms with E-state index in [1.54, 1.807) is 4.68 Å². The SMILES string of the molecule is Cc1cc(F)c(C(=O)NC[C@H]2CCn3ncc(C(N)=O)c3C2)cc1F. The number of aromatic nitrogens is 2. The van der Waals surface area contributed by atoms with Gasteiger partial charge in [-0.15, -0.1) is 0 Å². The van der Waals surface area contributed by atoms with Crippen molar-refractivity contribution in [2.24, 2.45) is 11.7 Å². The van der Waals surface area contributed by atoms with Gasteiger partial charge in [0.1, 0.15) is 11.6 Å². The van der Waals surface area contributed by atoms with E-state index in [-0.39, 0.29) is 23.6 Å². The van der Waals surface area contributed by atoms with Gasteiger partial charge in [0.15, 0.2) is 0 Å². The highest BCUT2D eigenvalue weighted by molar-refractivity contribution is 5.94. The van der Waals surface area contributed by atoms with Gasteiger partial charge in [-0.25, -0.2) is 8.78 Å². The summed E-state index contributed by atoms with van der Waals surface area (Å²) in [6.45, 7) is 2.33. The highest BCUT2D eigenvalue weighted by Gasteiger charge is 2.25. The van der Waals surface area contributed by atoms with Crippen LogP contribution in [0.2, 0.25) is 0 Å². The first-order valence-corrected chi connectivity index (χ1v) is 7.95. The van der Waals surface area contributed by atoms with Crippen LogP contribution in [0.15, 0.2) is 18.3 Å². The molecule has 132 valence electrons. The number of nitrogens with two attached hydrogens (primary N) is 1. The Kier molecular flexibility index (Phi) is 4.52. The highest BCUT2D eigenvalue weighted by atomic mass is 19.1. The largest absolute Gasteiger partial charge is 0.365 e. The maximum Gasteiger partial charge on any atom is 0.254 e. The van der Waals surface area contributed by atoms with Crippen molar-refractivity contribution in [3.05, 3.63) is 52.3 Å². The van der Waals surface area contributed by atoms with Gasteiger partial charge in [-0.2, -0.15) is 5.10 Å². The molecule has 0 fully saturated rings. The Morgan fingerprint density at radius 1 is 1.32 bits per heavy atom. The number of primary amides is 1. The van der Waals surface area contributed by atoms with Gasteiger partial charge in [-0.1, -0.05) is 0 Å². The third kappa shape index (κ3) is 3.38. The fourth-order valence-electron chi connectivity index (χ4n) is 3.03. The summed E-state index contributed by atoms with van der Waals surface area (Å²) in [5, 5.41) is 6.76. The number of hydrogen-bond acceptors (Lipinski definition) is 3. The number of nitrogens with one attached hydrogen (secondary N) is 1. The summed E-state index contributed by atoms with van der Waals surface area (Å²) in [7, 11) is 0. The molecule has 1 atom stereocenters. The Balaban J connectivity index is 1.66. The van der Waals surface area contributed by atoms with E-state index in [2.05, 4.69) is 10.4 Å². The Bertz CT molecular complexity index is 847.